The van der Waals surface area contributed by atoms with E-state index in [1.54, 1.807) is 13.8 Å². The van der Waals surface area contributed by atoms with E-state index in [1.165, 1.54) is 0 Å². The van der Waals surface area contributed by atoms with E-state index in [0.717, 1.165) is 0 Å². The van der Waals surface area contributed by atoms with Crippen molar-refractivity contribution in [2.24, 2.45) is 11.8 Å². The second-order valence-electron chi connectivity index (χ2n) is 4.42. The topological polar surface area (TPSA) is 69.4 Å². The summed E-state index contributed by atoms with van der Waals surface area (Å²) in [5.41, 5.74) is 0. The molecular formula is C11H21NO4. The third kappa shape index (κ3) is 5.68. The van der Waals surface area contributed by atoms with Gasteiger partial charge in [-0.05, 0) is 19.3 Å². The summed E-state index contributed by atoms with van der Waals surface area (Å²) in [4.78, 5) is 21.7. The normalized spacial score (nSPS) is 14.6. The zero-order chi connectivity index (χ0) is 12.7. The minimum atomic E-state index is -0.702. The molecule has 0 fully saturated rings. The van der Waals surface area contributed by atoms with Crippen LogP contribution in [0.3, 0.4) is 0 Å². The van der Waals surface area contributed by atoms with E-state index in [9.17, 15) is 14.9 Å². The van der Waals surface area contributed by atoms with Crippen LogP contribution in [0.25, 0.3) is 0 Å². The van der Waals surface area contributed by atoms with Gasteiger partial charge < -0.3 is 4.74 Å². The molecule has 0 aliphatic carbocycles. The molecule has 5 heteroatoms. The van der Waals surface area contributed by atoms with Gasteiger partial charge in [0.2, 0.25) is 6.04 Å². The number of nitrogens with zero attached hydrogens (tertiary/aromatic N) is 1. The van der Waals surface area contributed by atoms with Crippen LogP contribution in [0.5, 0.6) is 0 Å². The smallest absolute Gasteiger partial charge is 0.306 e. The minimum Gasteiger partial charge on any atom is -0.466 e. The highest BCUT2D eigenvalue weighted by atomic mass is 16.6. The molecule has 0 aliphatic heterocycles. The average Bonchev–Trinajstić information content (AvgIpc) is 2.15. The molecule has 0 heterocycles. The van der Waals surface area contributed by atoms with Crippen LogP contribution in [0.4, 0.5) is 0 Å². The molecule has 0 bridgehead atoms. The Hall–Kier alpha value is -1.13. The van der Waals surface area contributed by atoms with Gasteiger partial charge in [0.25, 0.3) is 0 Å². The molecule has 0 aromatic carbocycles. The summed E-state index contributed by atoms with van der Waals surface area (Å²) in [7, 11) is 0. The first-order valence-electron chi connectivity index (χ1n) is 5.67. The van der Waals surface area contributed by atoms with E-state index >= 15 is 0 Å². The number of hydrogen-bond acceptors (Lipinski definition) is 4. The van der Waals surface area contributed by atoms with Gasteiger partial charge in [-0.25, -0.2) is 0 Å². The summed E-state index contributed by atoms with van der Waals surface area (Å²) < 4.78 is 4.82. The number of esters is 1. The zero-order valence-corrected chi connectivity index (χ0v) is 10.4. The predicted octanol–water partition coefficient (Wildman–Crippen LogP) is 2.27. The van der Waals surface area contributed by atoms with Gasteiger partial charge in [-0.3, -0.25) is 14.9 Å². The molecule has 0 aliphatic rings. The lowest BCUT2D eigenvalue weighted by molar-refractivity contribution is -0.528. The van der Waals surface area contributed by atoms with Crippen molar-refractivity contribution in [1.82, 2.24) is 0 Å². The minimum absolute atomic E-state index is 0.133. The Kier molecular flexibility index (Phi) is 6.69. The summed E-state index contributed by atoms with van der Waals surface area (Å²) in [6, 6.07) is -0.702. The second kappa shape index (κ2) is 7.19. The lowest BCUT2D eigenvalue weighted by atomic mass is 9.89. The summed E-state index contributed by atoms with van der Waals surface area (Å²) in [5.74, 6) is -0.252. The van der Waals surface area contributed by atoms with Gasteiger partial charge in [-0.1, -0.05) is 13.8 Å². The largest absolute Gasteiger partial charge is 0.466 e. The number of hydrogen-bond donors (Lipinski definition) is 0. The third-order valence-corrected chi connectivity index (χ3v) is 2.52. The number of carbonyl (C=O) groups is 1. The predicted molar refractivity (Wildman–Crippen MR) is 60.7 cm³/mol. The molecule has 0 radical (unpaired) electrons. The molecular weight excluding hydrogens is 210 g/mol. The van der Waals surface area contributed by atoms with Gasteiger partial charge in [0, 0.05) is 17.8 Å². The molecule has 0 N–H and O–H groups in total. The van der Waals surface area contributed by atoms with Crippen molar-refractivity contribution < 1.29 is 14.5 Å². The van der Waals surface area contributed by atoms with E-state index in [4.69, 9.17) is 4.74 Å². The van der Waals surface area contributed by atoms with Crippen molar-refractivity contribution in [3.63, 3.8) is 0 Å². The molecule has 0 saturated carbocycles. The third-order valence-electron chi connectivity index (χ3n) is 2.52. The van der Waals surface area contributed by atoms with Crippen LogP contribution in [0, 0.1) is 22.0 Å². The van der Waals surface area contributed by atoms with Gasteiger partial charge >= 0.3 is 5.97 Å². The molecule has 0 spiro atoms. The first-order valence-corrected chi connectivity index (χ1v) is 5.67. The fourth-order valence-electron chi connectivity index (χ4n) is 1.66. The van der Waals surface area contributed by atoms with Crippen molar-refractivity contribution in [1.29, 1.82) is 0 Å². The standard InChI is InChI=1S/C11H21NO4/c1-5-16-11(13)7-10(6-8(2)3)9(4)12(14)15/h8-10H,5-7H2,1-4H3. The van der Waals surface area contributed by atoms with E-state index in [0.29, 0.717) is 18.9 Å². The highest BCUT2D eigenvalue weighted by molar-refractivity contribution is 5.69. The SMILES string of the molecule is CCOC(=O)CC(CC(C)C)C(C)[N+](=O)[O-]. The van der Waals surface area contributed by atoms with Crippen molar-refractivity contribution in [3.8, 4) is 0 Å². The highest BCUT2D eigenvalue weighted by Gasteiger charge is 2.29. The molecule has 0 saturated heterocycles. The van der Waals surface area contributed by atoms with Crippen LogP contribution in [-0.4, -0.2) is 23.5 Å². The molecule has 0 aromatic rings. The zero-order valence-electron chi connectivity index (χ0n) is 10.4. The lowest BCUT2D eigenvalue weighted by Crippen LogP contribution is -2.29. The molecule has 0 amide bonds. The van der Waals surface area contributed by atoms with Crippen molar-refractivity contribution in [2.45, 2.75) is 46.6 Å². The Balaban J connectivity index is 4.42. The van der Waals surface area contributed by atoms with Gasteiger partial charge in [0.1, 0.15) is 0 Å². The molecule has 2 unspecified atom stereocenters. The van der Waals surface area contributed by atoms with Gasteiger partial charge in [0.05, 0.1) is 13.0 Å². The van der Waals surface area contributed by atoms with Crippen molar-refractivity contribution in [3.05, 3.63) is 10.1 Å². The summed E-state index contributed by atoms with van der Waals surface area (Å²) >= 11 is 0. The Labute approximate surface area is 96.3 Å². The summed E-state index contributed by atoms with van der Waals surface area (Å²) in [5, 5.41) is 10.7. The monoisotopic (exact) mass is 231 g/mol. The van der Waals surface area contributed by atoms with Crippen LogP contribution in [0.2, 0.25) is 0 Å². The Morgan fingerprint density at radius 2 is 1.94 bits per heavy atom. The lowest BCUT2D eigenvalue weighted by Gasteiger charge is -2.19. The maximum Gasteiger partial charge on any atom is 0.306 e. The van der Waals surface area contributed by atoms with Gasteiger partial charge in [-0.2, -0.15) is 0 Å². The molecule has 16 heavy (non-hydrogen) atoms. The average molecular weight is 231 g/mol. The number of nitro groups is 1. The van der Waals surface area contributed by atoms with Crippen LogP contribution in [0.1, 0.15) is 40.5 Å². The first kappa shape index (κ1) is 14.9. The Morgan fingerprint density at radius 1 is 1.38 bits per heavy atom. The maximum absolute atomic E-state index is 11.3. The maximum atomic E-state index is 11.3. The van der Waals surface area contributed by atoms with E-state index < -0.39 is 6.04 Å². The fourth-order valence-corrected chi connectivity index (χ4v) is 1.66. The molecule has 2 atom stereocenters. The number of carbonyl (C=O) groups excluding carboxylic acids is 1. The number of rotatable bonds is 7. The Bertz CT molecular complexity index is 240. The number of ether oxygens (including phenoxy) is 1. The molecule has 5 nitrogen and oxygen atoms in total. The Morgan fingerprint density at radius 3 is 2.31 bits per heavy atom. The second-order valence-corrected chi connectivity index (χ2v) is 4.42. The quantitative estimate of drug-likeness (QED) is 0.383. The molecule has 94 valence electrons. The van der Waals surface area contributed by atoms with Gasteiger partial charge in [-0.15, -0.1) is 0 Å². The van der Waals surface area contributed by atoms with Crippen molar-refractivity contribution in [2.75, 3.05) is 6.61 Å². The van der Waals surface area contributed by atoms with E-state index in [-0.39, 0.29) is 23.2 Å². The van der Waals surface area contributed by atoms with Crippen LogP contribution >= 0.6 is 0 Å². The molecule has 0 aromatic heterocycles. The van der Waals surface area contributed by atoms with Crippen LogP contribution < -0.4 is 0 Å². The molecule has 0 rings (SSSR count). The summed E-state index contributed by atoms with van der Waals surface area (Å²) in [6.45, 7) is 7.58. The summed E-state index contributed by atoms with van der Waals surface area (Å²) in [6.07, 6.45) is 0.801. The first-order chi connectivity index (χ1) is 7.38. The van der Waals surface area contributed by atoms with Crippen LogP contribution in [-0.2, 0) is 9.53 Å². The van der Waals surface area contributed by atoms with E-state index in [2.05, 4.69) is 0 Å². The van der Waals surface area contributed by atoms with Gasteiger partial charge in [0.15, 0.2) is 0 Å². The van der Waals surface area contributed by atoms with Crippen LogP contribution in [0.15, 0.2) is 0 Å². The van der Waals surface area contributed by atoms with Crippen molar-refractivity contribution >= 4 is 5.97 Å². The van der Waals surface area contributed by atoms with E-state index in [1.807, 2.05) is 13.8 Å². The fraction of sp³-hybridized carbons (Fsp3) is 0.909. The highest BCUT2D eigenvalue weighted by Crippen LogP contribution is 2.21.